The number of halogens is 3. The number of ether oxygens (including phenoxy) is 4. The first-order chi connectivity index (χ1) is 16.8. The summed E-state index contributed by atoms with van der Waals surface area (Å²) in [7, 11) is 0. The number of pyridine rings is 1. The molecular formula is C22H21ClF2N4O6. The van der Waals surface area contributed by atoms with Crippen molar-refractivity contribution in [1.82, 2.24) is 20.5 Å². The van der Waals surface area contributed by atoms with E-state index in [1.165, 1.54) is 6.20 Å². The minimum Gasteiger partial charge on any atom is -0.447 e. The monoisotopic (exact) mass is 510 g/mol. The molecule has 35 heavy (non-hydrogen) atoms. The van der Waals surface area contributed by atoms with Gasteiger partial charge in [0, 0.05) is 16.6 Å². The molecule has 0 radical (unpaired) electrons. The Morgan fingerprint density at radius 3 is 2.83 bits per heavy atom. The van der Waals surface area contributed by atoms with Gasteiger partial charge in [-0.2, -0.15) is 8.78 Å². The summed E-state index contributed by atoms with van der Waals surface area (Å²) in [6.45, 7) is 2.86. The predicted molar refractivity (Wildman–Crippen MR) is 118 cm³/mol. The van der Waals surface area contributed by atoms with E-state index in [1.54, 1.807) is 24.3 Å². The summed E-state index contributed by atoms with van der Waals surface area (Å²) in [5, 5.41) is 11.6. The second-order valence-electron chi connectivity index (χ2n) is 7.46. The van der Waals surface area contributed by atoms with Gasteiger partial charge in [-0.1, -0.05) is 28.8 Å². The van der Waals surface area contributed by atoms with Crippen LogP contribution in [0.25, 0.3) is 10.9 Å². The lowest BCUT2D eigenvalue weighted by atomic mass is 10.1. The minimum absolute atomic E-state index is 0.0138. The minimum atomic E-state index is -3.32. The Bertz CT molecular complexity index is 1190. The number of nitrogens with one attached hydrogen (secondary N) is 1. The van der Waals surface area contributed by atoms with Crippen LogP contribution in [0.3, 0.4) is 0 Å². The molecule has 3 aromatic rings. The number of nitrogens with zero attached hydrogens (tertiary/aromatic N) is 3. The maximum atomic E-state index is 13.2. The molecule has 0 saturated carbocycles. The van der Waals surface area contributed by atoms with Crippen molar-refractivity contribution in [2.45, 2.75) is 24.9 Å². The molecule has 1 aliphatic heterocycles. The van der Waals surface area contributed by atoms with Gasteiger partial charge < -0.3 is 28.7 Å². The van der Waals surface area contributed by atoms with Crippen LogP contribution in [-0.2, 0) is 14.2 Å². The molecule has 1 amide bonds. The van der Waals surface area contributed by atoms with E-state index >= 15 is 0 Å². The number of rotatable bonds is 10. The number of carbonyl (C=O) groups excluding carboxylic acids is 1. The average Bonchev–Trinajstić information content (AvgIpc) is 3.31. The summed E-state index contributed by atoms with van der Waals surface area (Å²) < 4.78 is 52.3. The zero-order valence-electron chi connectivity index (χ0n) is 18.3. The third-order valence-electron chi connectivity index (χ3n) is 4.77. The first-order valence-corrected chi connectivity index (χ1v) is 10.9. The molecule has 0 aliphatic carbocycles. The van der Waals surface area contributed by atoms with Gasteiger partial charge in [-0.25, -0.2) is 0 Å². The highest BCUT2D eigenvalue weighted by molar-refractivity contribution is 6.31. The fourth-order valence-corrected chi connectivity index (χ4v) is 3.30. The highest BCUT2D eigenvalue weighted by Crippen LogP contribution is 2.25. The van der Waals surface area contributed by atoms with E-state index in [4.69, 9.17) is 30.2 Å². The molecule has 1 saturated heterocycles. The van der Waals surface area contributed by atoms with E-state index < -0.39 is 31.5 Å². The number of benzene rings is 1. The topological polar surface area (TPSA) is 118 Å². The third-order valence-corrected chi connectivity index (χ3v) is 5.00. The first kappa shape index (κ1) is 24.9. The Balaban J connectivity index is 1.22. The van der Waals surface area contributed by atoms with E-state index in [9.17, 15) is 13.6 Å². The van der Waals surface area contributed by atoms with Gasteiger partial charge in [0.1, 0.15) is 6.61 Å². The molecule has 13 heteroatoms. The van der Waals surface area contributed by atoms with Crippen LogP contribution in [0, 0.1) is 0 Å². The largest absolute Gasteiger partial charge is 0.447 e. The summed E-state index contributed by atoms with van der Waals surface area (Å²) in [6, 6.07) is 6.51. The van der Waals surface area contributed by atoms with Crippen molar-refractivity contribution >= 4 is 28.4 Å². The predicted octanol–water partition coefficient (Wildman–Crippen LogP) is 3.68. The van der Waals surface area contributed by atoms with Gasteiger partial charge in [-0.3, -0.25) is 9.78 Å². The van der Waals surface area contributed by atoms with Gasteiger partial charge in [-0.05, 0) is 18.2 Å². The quantitative estimate of drug-likeness (QED) is 0.322. The molecule has 2 aromatic heterocycles. The Morgan fingerprint density at radius 1 is 1.26 bits per heavy atom. The summed E-state index contributed by atoms with van der Waals surface area (Å²) >= 11 is 5.96. The Morgan fingerprint density at radius 2 is 2.06 bits per heavy atom. The molecule has 10 nitrogen and oxygen atoms in total. The second kappa shape index (κ2) is 11.0. The highest BCUT2D eigenvalue weighted by atomic mass is 35.5. The SMILES string of the molecule is C=CCC(F)(F)OCCOc1nnc(C2OCC(NC(=O)c3cnc4cc(Cl)ccc4c3)CO2)o1. The van der Waals surface area contributed by atoms with Gasteiger partial charge >= 0.3 is 12.2 Å². The number of hydrogen-bond acceptors (Lipinski definition) is 9. The van der Waals surface area contributed by atoms with Gasteiger partial charge in [0.05, 0.1) is 43.4 Å². The summed E-state index contributed by atoms with van der Waals surface area (Å²) in [4.78, 5) is 16.9. The summed E-state index contributed by atoms with van der Waals surface area (Å²) in [6.07, 6.45) is -2.61. The van der Waals surface area contributed by atoms with Crippen LogP contribution in [0.4, 0.5) is 8.78 Å². The lowest BCUT2D eigenvalue weighted by Gasteiger charge is -2.27. The zero-order chi connectivity index (χ0) is 24.8. The number of alkyl halides is 2. The number of fused-ring (bicyclic) bond motifs is 1. The average molecular weight is 511 g/mol. The fraction of sp³-hybridized carbons (Fsp3) is 0.364. The van der Waals surface area contributed by atoms with Crippen molar-refractivity contribution in [2.75, 3.05) is 26.4 Å². The van der Waals surface area contributed by atoms with E-state index in [0.29, 0.717) is 16.1 Å². The Labute approximate surface area is 203 Å². The smallest absolute Gasteiger partial charge is 0.414 e. The van der Waals surface area contributed by atoms with E-state index in [-0.39, 0.29) is 37.7 Å². The molecule has 0 atom stereocenters. The molecule has 1 aromatic carbocycles. The van der Waals surface area contributed by atoms with Crippen LogP contribution in [0.5, 0.6) is 6.08 Å². The number of amides is 1. The number of aromatic nitrogens is 3. The highest BCUT2D eigenvalue weighted by Gasteiger charge is 2.30. The maximum Gasteiger partial charge on any atom is 0.414 e. The Hall–Kier alpha value is -3.19. The van der Waals surface area contributed by atoms with Crippen molar-refractivity contribution in [3.63, 3.8) is 0 Å². The lowest BCUT2D eigenvalue weighted by Crippen LogP contribution is -2.45. The summed E-state index contributed by atoms with van der Waals surface area (Å²) in [5.41, 5.74) is 1.06. The number of carbonyl (C=O) groups is 1. The van der Waals surface area contributed by atoms with Crippen molar-refractivity contribution < 1.29 is 36.9 Å². The van der Waals surface area contributed by atoms with Crippen LogP contribution < -0.4 is 10.1 Å². The van der Waals surface area contributed by atoms with Crippen molar-refractivity contribution in [3.05, 3.63) is 59.6 Å². The van der Waals surface area contributed by atoms with Crippen molar-refractivity contribution in [3.8, 4) is 6.08 Å². The lowest BCUT2D eigenvalue weighted by molar-refractivity contribution is -0.238. The van der Waals surface area contributed by atoms with Crippen LogP contribution in [0.2, 0.25) is 5.02 Å². The van der Waals surface area contributed by atoms with Crippen LogP contribution >= 0.6 is 11.6 Å². The van der Waals surface area contributed by atoms with Crippen LogP contribution in [0.15, 0.2) is 47.5 Å². The second-order valence-corrected chi connectivity index (χ2v) is 7.90. The molecule has 1 fully saturated rings. The number of hydrogen-bond donors (Lipinski definition) is 1. The molecule has 1 N–H and O–H groups in total. The Kier molecular flexibility index (Phi) is 7.86. The molecular weight excluding hydrogens is 490 g/mol. The normalized spacial score (nSPS) is 18.4. The van der Waals surface area contributed by atoms with Crippen LogP contribution in [0.1, 0.15) is 29.0 Å². The fourth-order valence-electron chi connectivity index (χ4n) is 3.14. The van der Waals surface area contributed by atoms with E-state index in [2.05, 4.69) is 31.8 Å². The van der Waals surface area contributed by atoms with E-state index in [1.807, 2.05) is 0 Å². The molecule has 4 rings (SSSR count). The van der Waals surface area contributed by atoms with Gasteiger partial charge in [0.2, 0.25) is 6.29 Å². The molecule has 0 unspecified atom stereocenters. The molecule has 0 spiro atoms. The van der Waals surface area contributed by atoms with Crippen molar-refractivity contribution in [2.24, 2.45) is 0 Å². The standard InChI is InChI=1S/C22H21ClF2N4O6/c1-2-5-22(24,25)34-7-6-31-21-29-28-19(35-21)20-32-11-16(12-33-20)27-18(30)14-8-13-3-4-15(23)9-17(13)26-10-14/h2-4,8-10,16,20H,1,5-7,11-12H2,(H,27,30). The maximum absolute atomic E-state index is 13.2. The van der Waals surface area contributed by atoms with Gasteiger partial charge in [0.15, 0.2) is 0 Å². The van der Waals surface area contributed by atoms with Gasteiger partial charge in [-0.15, -0.1) is 11.7 Å². The van der Waals surface area contributed by atoms with Crippen LogP contribution in [-0.4, -0.2) is 59.7 Å². The van der Waals surface area contributed by atoms with Crippen molar-refractivity contribution in [1.29, 1.82) is 0 Å². The van der Waals surface area contributed by atoms with Gasteiger partial charge in [0.25, 0.3) is 11.8 Å². The third kappa shape index (κ3) is 6.69. The van der Waals surface area contributed by atoms with E-state index in [0.717, 1.165) is 11.5 Å². The molecule has 1 aliphatic rings. The molecule has 3 heterocycles. The first-order valence-electron chi connectivity index (χ1n) is 10.5. The zero-order valence-corrected chi connectivity index (χ0v) is 19.0. The molecule has 0 bridgehead atoms. The molecule has 186 valence electrons. The summed E-state index contributed by atoms with van der Waals surface area (Å²) in [5.74, 6) is -0.348.